The van der Waals surface area contributed by atoms with Crippen molar-refractivity contribution < 1.29 is 9.53 Å². The molecule has 2 saturated heterocycles. The molecule has 4 heterocycles. The van der Waals surface area contributed by atoms with Gasteiger partial charge in [0.25, 0.3) is 5.91 Å². The second-order valence-electron chi connectivity index (χ2n) is 11.9. The van der Waals surface area contributed by atoms with Crippen molar-refractivity contribution in [3.05, 3.63) is 78.1 Å². The Hall–Kier alpha value is -3.71. The number of hydrogen-bond donors (Lipinski definition) is 2. The molecule has 2 aromatic carbocycles. The van der Waals surface area contributed by atoms with Crippen molar-refractivity contribution in [1.29, 1.82) is 0 Å². The Kier molecular flexibility index (Phi) is 6.76. The van der Waals surface area contributed by atoms with Crippen LogP contribution in [0.2, 0.25) is 0 Å². The first-order valence-corrected chi connectivity index (χ1v) is 14.8. The van der Waals surface area contributed by atoms with Gasteiger partial charge >= 0.3 is 0 Å². The van der Waals surface area contributed by atoms with Gasteiger partial charge in [-0.05, 0) is 106 Å². The lowest BCUT2D eigenvalue weighted by Gasteiger charge is -2.36. The van der Waals surface area contributed by atoms with Crippen LogP contribution >= 0.6 is 0 Å². The normalized spacial score (nSPS) is 23.9. The Morgan fingerprint density at radius 1 is 1.00 bits per heavy atom. The van der Waals surface area contributed by atoms with Crippen molar-refractivity contribution in [1.82, 2.24) is 25.4 Å². The van der Waals surface area contributed by atoms with Crippen LogP contribution in [-0.2, 0) is 0 Å². The zero-order valence-corrected chi connectivity index (χ0v) is 23.1. The molecule has 3 fully saturated rings. The maximum absolute atomic E-state index is 13.5. The number of ether oxygens (including phenoxy) is 1. The maximum atomic E-state index is 13.5. The molecule has 206 valence electrons. The van der Waals surface area contributed by atoms with E-state index >= 15 is 0 Å². The summed E-state index contributed by atoms with van der Waals surface area (Å²) in [6.45, 7) is 0. The summed E-state index contributed by atoms with van der Waals surface area (Å²) in [5, 5.41) is 12.0. The average Bonchev–Trinajstić information content (AvgIpc) is 3.71. The molecular weight excluding hydrogens is 498 g/mol. The van der Waals surface area contributed by atoms with Crippen LogP contribution in [0, 0.1) is 5.92 Å². The lowest BCUT2D eigenvalue weighted by molar-refractivity contribution is 0.0662. The number of fused-ring (bicyclic) bond motifs is 3. The van der Waals surface area contributed by atoms with Crippen molar-refractivity contribution in [3.63, 3.8) is 0 Å². The summed E-state index contributed by atoms with van der Waals surface area (Å²) in [5.74, 6) is 1.25. The minimum Gasteiger partial charge on any atom is -0.490 e. The van der Waals surface area contributed by atoms with E-state index < -0.39 is 0 Å². The molecule has 0 unspecified atom stereocenters. The second-order valence-corrected chi connectivity index (χ2v) is 11.9. The van der Waals surface area contributed by atoms with E-state index in [-0.39, 0.29) is 18.1 Å². The number of nitrogens with one attached hydrogen (secondary N) is 2. The molecule has 40 heavy (non-hydrogen) atoms. The highest BCUT2D eigenvalue weighted by atomic mass is 16.5. The van der Waals surface area contributed by atoms with E-state index in [1.54, 1.807) is 6.20 Å². The lowest BCUT2D eigenvalue weighted by atomic mass is 9.94. The van der Waals surface area contributed by atoms with E-state index in [1.165, 1.54) is 25.7 Å². The van der Waals surface area contributed by atoms with Crippen LogP contribution in [0.3, 0.4) is 0 Å². The van der Waals surface area contributed by atoms with Crippen LogP contribution in [0.1, 0.15) is 73.5 Å². The van der Waals surface area contributed by atoms with Gasteiger partial charge < -0.3 is 15.0 Å². The standard InChI is InChI=1S/C33H37N5O2/c1-38-24-12-13-25(38)20-27(19-24)40-26-14-9-22(10-15-26)31-28-18-23(11-16-29(28)36-37-31)33(39)35-32(21-6-2-3-7-21)30-8-4-5-17-34-30/h4-5,8-11,14-18,21,24-25,27,32H,2-3,6-7,12-13,19-20H2,1H3,(H,35,39)(H,36,37)/t24-,25+,27+,32-/m0/s1. The third kappa shape index (κ3) is 4.87. The van der Waals surface area contributed by atoms with Crippen LogP contribution in [0.4, 0.5) is 0 Å². The molecule has 1 amide bonds. The van der Waals surface area contributed by atoms with E-state index in [4.69, 9.17) is 4.74 Å². The summed E-state index contributed by atoms with van der Waals surface area (Å²) in [5.41, 5.74) is 4.31. The molecule has 4 atom stereocenters. The smallest absolute Gasteiger partial charge is 0.251 e. The summed E-state index contributed by atoms with van der Waals surface area (Å²) in [4.78, 5) is 20.6. The molecule has 4 aromatic rings. The zero-order chi connectivity index (χ0) is 27.1. The Morgan fingerprint density at radius 3 is 2.50 bits per heavy atom. The highest BCUT2D eigenvalue weighted by Gasteiger charge is 2.39. The Bertz CT molecular complexity index is 1460. The zero-order valence-electron chi connectivity index (χ0n) is 23.1. The number of nitrogens with zero attached hydrogens (tertiary/aromatic N) is 3. The Balaban J connectivity index is 1.09. The summed E-state index contributed by atoms with van der Waals surface area (Å²) < 4.78 is 6.40. The fraction of sp³-hybridized carbons (Fsp3) is 0.424. The molecule has 0 spiro atoms. The van der Waals surface area contributed by atoms with Gasteiger partial charge in [0.05, 0.1) is 22.9 Å². The quantitative estimate of drug-likeness (QED) is 0.291. The number of carbonyl (C=O) groups is 1. The van der Waals surface area contributed by atoms with Gasteiger partial charge in [-0.3, -0.25) is 14.9 Å². The van der Waals surface area contributed by atoms with Crippen molar-refractivity contribution in [2.75, 3.05) is 7.05 Å². The lowest BCUT2D eigenvalue weighted by Crippen LogP contribution is -2.43. The monoisotopic (exact) mass is 535 g/mol. The minimum absolute atomic E-state index is 0.0764. The number of rotatable bonds is 7. The van der Waals surface area contributed by atoms with E-state index in [0.29, 0.717) is 23.6 Å². The molecule has 2 N–H and O–H groups in total. The number of hydrogen-bond acceptors (Lipinski definition) is 5. The molecule has 0 radical (unpaired) electrons. The van der Waals surface area contributed by atoms with Crippen molar-refractivity contribution in [2.24, 2.45) is 5.92 Å². The minimum atomic E-state index is -0.0805. The van der Waals surface area contributed by atoms with E-state index in [1.807, 2.05) is 48.5 Å². The molecule has 1 saturated carbocycles. The van der Waals surface area contributed by atoms with Gasteiger partial charge in [-0.1, -0.05) is 18.9 Å². The predicted octanol–water partition coefficient (Wildman–Crippen LogP) is 6.29. The highest BCUT2D eigenvalue weighted by Crippen LogP contribution is 2.37. The molecule has 1 aliphatic carbocycles. The first-order chi connectivity index (χ1) is 19.6. The third-order valence-electron chi connectivity index (χ3n) is 9.47. The topological polar surface area (TPSA) is 83.1 Å². The summed E-state index contributed by atoms with van der Waals surface area (Å²) in [6.07, 6.45) is 11.5. The maximum Gasteiger partial charge on any atom is 0.251 e. The molecule has 2 bridgehead atoms. The van der Waals surface area contributed by atoms with Gasteiger partial charge in [0.15, 0.2) is 0 Å². The molecule has 2 aromatic heterocycles. The molecule has 7 rings (SSSR count). The van der Waals surface area contributed by atoms with Crippen LogP contribution in [0.25, 0.3) is 22.2 Å². The van der Waals surface area contributed by atoms with Crippen LogP contribution in [0.15, 0.2) is 66.9 Å². The fourth-order valence-corrected chi connectivity index (χ4v) is 7.23. The Morgan fingerprint density at radius 2 is 1.77 bits per heavy atom. The van der Waals surface area contributed by atoms with Gasteiger partial charge in [0.2, 0.25) is 0 Å². The first kappa shape index (κ1) is 25.3. The van der Waals surface area contributed by atoms with Gasteiger partial charge in [0, 0.05) is 34.8 Å². The third-order valence-corrected chi connectivity index (χ3v) is 9.47. The summed E-state index contributed by atoms with van der Waals surface area (Å²) in [7, 11) is 2.26. The number of amides is 1. The van der Waals surface area contributed by atoms with E-state index in [9.17, 15) is 4.79 Å². The van der Waals surface area contributed by atoms with Crippen LogP contribution in [0.5, 0.6) is 5.75 Å². The predicted molar refractivity (Wildman–Crippen MR) is 156 cm³/mol. The molecule has 7 heteroatoms. The first-order valence-electron chi connectivity index (χ1n) is 14.8. The van der Waals surface area contributed by atoms with E-state index in [0.717, 1.165) is 59.3 Å². The number of aromatic amines is 1. The second kappa shape index (κ2) is 10.7. The number of piperidine rings is 1. The number of pyridine rings is 1. The SMILES string of the molecule is CN1[C@@H]2CC[C@H]1C[C@@H](Oc1ccc(-c3n[nH]c4ccc(C(=O)N[C@H](c5ccccn5)C5CCCC5)cc34)cc1)C2. The molecular formula is C33H37N5O2. The van der Waals surface area contributed by atoms with Crippen LogP contribution < -0.4 is 10.1 Å². The molecule has 7 nitrogen and oxygen atoms in total. The van der Waals surface area contributed by atoms with Gasteiger partial charge in [-0.25, -0.2) is 0 Å². The van der Waals surface area contributed by atoms with Gasteiger partial charge in [-0.15, -0.1) is 0 Å². The van der Waals surface area contributed by atoms with Gasteiger partial charge in [-0.2, -0.15) is 5.10 Å². The van der Waals surface area contributed by atoms with Crippen molar-refractivity contribution in [2.45, 2.75) is 75.6 Å². The fourth-order valence-electron chi connectivity index (χ4n) is 7.23. The van der Waals surface area contributed by atoms with E-state index in [2.05, 4.69) is 44.6 Å². The number of aromatic nitrogens is 3. The van der Waals surface area contributed by atoms with Crippen molar-refractivity contribution in [3.8, 4) is 17.0 Å². The number of H-pyrrole nitrogens is 1. The largest absolute Gasteiger partial charge is 0.490 e. The Labute approximate surface area is 235 Å². The number of benzene rings is 2. The molecule has 3 aliphatic rings. The average molecular weight is 536 g/mol. The number of carbonyl (C=O) groups excluding carboxylic acids is 1. The van der Waals surface area contributed by atoms with Gasteiger partial charge in [0.1, 0.15) is 11.9 Å². The molecule has 2 aliphatic heterocycles. The van der Waals surface area contributed by atoms with Crippen molar-refractivity contribution >= 4 is 16.8 Å². The summed E-state index contributed by atoms with van der Waals surface area (Å²) >= 11 is 0. The summed E-state index contributed by atoms with van der Waals surface area (Å²) in [6, 6.07) is 21.2. The highest BCUT2D eigenvalue weighted by molar-refractivity contribution is 6.01. The van der Waals surface area contributed by atoms with Crippen LogP contribution in [-0.4, -0.2) is 51.2 Å².